The second kappa shape index (κ2) is 18.3. The molecule has 0 radical (unpaired) electrons. The van der Waals surface area contributed by atoms with Crippen molar-refractivity contribution in [2.45, 2.75) is 86.6 Å². The zero-order valence-corrected chi connectivity index (χ0v) is 16.0. The Labute approximate surface area is 128 Å². The summed E-state index contributed by atoms with van der Waals surface area (Å²) in [6.45, 7) is 15.1. The first-order chi connectivity index (χ1) is 8.97. The van der Waals surface area contributed by atoms with E-state index < -0.39 is 0 Å². The minimum absolute atomic E-state index is 0.713. The highest BCUT2D eigenvalue weighted by Crippen LogP contribution is 2.38. The molecule has 0 saturated heterocycles. The molecule has 2 heteroatoms. The summed E-state index contributed by atoms with van der Waals surface area (Å²) in [6.07, 6.45) is 8.99. The second-order valence-electron chi connectivity index (χ2n) is 5.57. The van der Waals surface area contributed by atoms with Gasteiger partial charge in [0.2, 0.25) is 0 Å². The van der Waals surface area contributed by atoms with Crippen molar-refractivity contribution in [2.24, 2.45) is 5.41 Å². The number of nitrogens with one attached hydrogen (secondary N) is 1. The van der Waals surface area contributed by atoms with Crippen LogP contribution in [-0.2, 0) is 0 Å². The summed E-state index contributed by atoms with van der Waals surface area (Å²) in [5.41, 5.74) is 0.722. The average molecular weight is 292 g/mol. The summed E-state index contributed by atoms with van der Waals surface area (Å²) in [5, 5.41) is 3.23. The first-order valence-corrected chi connectivity index (χ1v) is 9.52. The molecule has 0 aromatic carbocycles. The van der Waals surface area contributed by atoms with Gasteiger partial charge in [0.1, 0.15) is 0 Å². The number of hydrogen-bond acceptors (Lipinski definition) is 2. The molecule has 0 aliphatic heterocycles. The van der Waals surface area contributed by atoms with E-state index in [0.29, 0.717) is 6.04 Å². The lowest BCUT2D eigenvalue weighted by atomic mass is 9.72. The minimum atomic E-state index is 0.713. The highest BCUT2D eigenvalue weighted by atomic mass is 32.2. The van der Waals surface area contributed by atoms with Crippen LogP contribution in [0.15, 0.2) is 0 Å². The zero-order valence-electron chi connectivity index (χ0n) is 15.2. The number of rotatable bonds is 4. The molecule has 1 saturated carbocycles. The topological polar surface area (TPSA) is 12.0 Å². The van der Waals surface area contributed by atoms with Crippen molar-refractivity contribution in [3.8, 4) is 0 Å². The molecule has 1 fully saturated rings. The van der Waals surface area contributed by atoms with Gasteiger partial charge in [-0.05, 0) is 38.0 Å². The Hall–Kier alpha value is 0.310. The first-order valence-electron chi connectivity index (χ1n) is 8.13. The fourth-order valence-electron chi connectivity index (χ4n) is 1.49. The Kier molecular flexibility index (Phi) is 23.5. The van der Waals surface area contributed by atoms with Crippen LogP contribution in [0, 0.1) is 5.41 Å². The minimum Gasteiger partial charge on any atom is -0.316 e. The molecule has 1 nitrogen and oxygen atoms in total. The van der Waals surface area contributed by atoms with Crippen molar-refractivity contribution < 1.29 is 0 Å². The lowest BCUT2D eigenvalue weighted by Crippen LogP contribution is -2.26. The van der Waals surface area contributed by atoms with Crippen LogP contribution in [0.25, 0.3) is 0 Å². The fraction of sp³-hybridized carbons (Fsp3) is 1.00. The maximum atomic E-state index is 3.23. The largest absolute Gasteiger partial charge is 0.316 e. The van der Waals surface area contributed by atoms with Crippen LogP contribution in [0.4, 0.5) is 0 Å². The Balaban J connectivity index is -0.000000205. The predicted octanol–water partition coefficient (Wildman–Crippen LogP) is 5.99. The lowest BCUT2D eigenvalue weighted by molar-refractivity contribution is 0.190. The van der Waals surface area contributed by atoms with E-state index in [2.05, 4.69) is 46.2 Å². The van der Waals surface area contributed by atoms with Gasteiger partial charge in [-0.2, -0.15) is 11.8 Å². The molecule has 0 heterocycles. The Morgan fingerprint density at radius 3 is 1.53 bits per heavy atom. The molecule has 0 aromatic rings. The maximum Gasteiger partial charge on any atom is 0.0152 e. The van der Waals surface area contributed by atoms with Crippen molar-refractivity contribution in [2.75, 3.05) is 19.1 Å². The van der Waals surface area contributed by atoms with Crippen LogP contribution in [0.5, 0.6) is 0 Å². The molecular weight excluding hydrogens is 250 g/mol. The van der Waals surface area contributed by atoms with Crippen molar-refractivity contribution >= 4 is 11.8 Å². The quantitative estimate of drug-likeness (QED) is 0.683. The second-order valence-corrected chi connectivity index (χ2v) is 6.48. The molecule has 1 rings (SSSR count). The molecule has 120 valence electrons. The summed E-state index contributed by atoms with van der Waals surface area (Å²) in [6, 6.07) is 0.713. The molecular formula is C17H41NS. The normalized spacial score (nSPS) is 16.3. The van der Waals surface area contributed by atoms with Crippen LogP contribution in [0.1, 0.15) is 80.6 Å². The predicted molar refractivity (Wildman–Crippen MR) is 96.5 cm³/mol. The highest BCUT2D eigenvalue weighted by molar-refractivity contribution is 7.98. The number of thioether (sulfide) groups is 1. The SMILES string of the molecule is CC.CC1(C)CCC1.CCC.CCC(CSC)NC. The fourth-order valence-corrected chi connectivity index (χ4v) is 2.30. The van der Waals surface area contributed by atoms with Gasteiger partial charge in [0.15, 0.2) is 0 Å². The third-order valence-corrected chi connectivity index (χ3v) is 3.71. The molecule has 1 N–H and O–H groups in total. The summed E-state index contributed by atoms with van der Waals surface area (Å²) >= 11 is 1.90. The van der Waals surface area contributed by atoms with Gasteiger partial charge in [-0.3, -0.25) is 0 Å². The van der Waals surface area contributed by atoms with Gasteiger partial charge < -0.3 is 5.32 Å². The Bertz CT molecular complexity index is 136. The van der Waals surface area contributed by atoms with Gasteiger partial charge in [0, 0.05) is 11.8 Å². The van der Waals surface area contributed by atoms with E-state index in [0.717, 1.165) is 5.41 Å². The first kappa shape index (κ1) is 24.3. The highest BCUT2D eigenvalue weighted by Gasteiger charge is 2.24. The van der Waals surface area contributed by atoms with Crippen molar-refractivity contribution in [1.29, 1.82) is 0 Å². The summed E-state index contributed by atoms with van der Waals surface area (Å²) in [5.74, 6) is 1.23. The average Bonchev–Trinajstić information content (AvgIpc) is 2.38. The summed E-state index contributed by atoms with van der Waals surface area (Å²) in [4.78, 5) is 0. The zero-order chi connectivity index (χ0) is 15.7. The molecule has 1 aliphatic rings. The molecule has 0 aromatic heterocycles. The lowest BCUT2D eigenvalue weighted by Gasteiger charge is -2.33. The van der Waals surface area contributed by atoms with Gasteiger partial charge in [-0.1, -0.05) is 61.3 Å². The smallest absolute Gasteiger partial charge is 0.0152 e. The van der Waals surface area contributed by atoms with Gasteiger partial charge >= 0.3 is 0 Å². The Morgan fingerprint density at radius 1 is 1.11 bits per heavy atom. The van der Waals surface area contributed by atoms with Crippen LogP contribution in [0.3, 0.4) is 0 Å². The standard InChI is InChI=1S/C6H15NS.C6H12.C3H8.C2H6/c1-4-6(7-2)5-8-3;1-6(2)4-3-5-6;1-3-2;1-2/h6-7H,4-5H2,1-3H3;3-5H2,1-2H3;3H2,1-2H3;1-2H3. The molecule has 19 heavy (non-hydrogen) atoms. The summed E-state index contributed by atoms with van der Waals surface area (Å²) < 4.78 is 0. The van der Waals surface area contributed by atoms with Gasteiger partial charge in [-0.15, -0.1) is 0 Å². The van der Waals surface area contributed by atoms with Crippen LogP contribution < -0.4 is 5.32 Å². The molecule has 1 atom stereocenters. The van der Waals surface area contributed by atoms with E-state index in [1.54, 1.807) is 0 Å². The van der Waals surface area contributed by atoms with Crippen molar-refractivity contribution in [1.82, 2.24) is 5.32 Å². The van der Waals surface area contributed by atoms with E-state index in [1.165, 1.54) is 37.9 Å². The van der Waals surface area contributed by atoms with Crippen LogP contribution in [-0.4, -0.2) is 25.1 Å². The Morgan fingerprint density at radius 2 is 1.47 bits per heavy atom. The van der Waals surface area contributed by atoms with Gasteiger partial charge in [0.05, 0.1) is 0 Å². The molecule has 1 unspecified atom stereocenters. The van der Waals surface area contributed by atoms with Gasteiger partial charge in [-0.25, -0.2) is 0 Å². The van der Waals surface area contributed by atoms with Crippen LogP contribution >= 0.6 is 11.8 Å². The van der Waals surface area contributed by atoms with Gasteiger partial charge in [0.25, 0.3) is 0 Å². The maximum absolute atomic E-state index is 3.23. The summed E-state index contributed by atoms with van der Waals surface area (Å²) in [7, 11) is 2.02. The number of hydrogen-bond donors (Lipinski definition) is 1. The van der Waals surface area contributed by atoms with E-state index >= 15 is 0 Å². The van der Waals surface area contributed by atoms with Crippen molar-refractivity contribution in [3.05, 3.63) is 0 Å². The van der Waals surface area contributed by atoms with E-state index in [4.69, 9.17) is 0 Å². The third-order valence-electron chi connectivity index (χ3n) is 2.98. The molecule has 1 aliphatic carbocycles. The molecule has 0 bridgehead atoms. The molecule has 0 spiro atoms. The van der Waals surface area contributed by atoms with E-state index in [9.17, 15) is 0 Å². The molecule has 0 amide bonds. The monoisotopic (exact) mass is 291 g/mol. The van der Waals surface area contributed by atoms with Crippen molar-refractivity contribution in [3.63, 3.8) is 0 Å². The van der Waals surface area contributed by atoms with Crippen LogP contribution in [0.2, 0.25) is 0 Å². The third kappa shape index (κ3) is 20.8. The van der Waals surface area contributed by atoms with E-state index in [1.807, 2.05) is 32.7 Å². The van der Waals surface area contributed by atoms with E-state index in [-0.39, 0.29) is 0 Å².